The van der Waals surface area contributed by atoms with Gasteiger partial charge in [0.1, 0.15) is 0 Å². The van der Waals surface area contributed by atoms with E-state index < -0.39 is 0 Å². The van der Waals surface area contributed by atoms with Crippen LogP contribution >= 0.6 is 15.9 Å². The van der Waals surface area contributed by atoms with Gasteiger partial charge in [0.25, 0.3) is 0 Å². The van der Waals surface area contributed by atoms with E-state index in [0.717, 1.165) is 0 Å². The van der Waals surface area contributed by atoms with Gasteiger partial charge in [-0.2, -0.15) is 0 Å². The first-order valence-electron chi connectivity index (χ1n) is 6.17. The second-order valence-corrected chi connectivity index (χ2v) is 6.19. The summed E-state index contributed by atoms with van der Waals surface area (Å²) in [5.41, 5.74) is 5.39. The van der Waals surface area contributed by atoms with Gasteiger partial charge in [-0.1, -0.05) is 78.3 Å². The summed E-state index contributed by atoms with van der Waals surface area (Å²) in [5.74, 6) is 0. The summed E-state index contributed by atoms with van der Waals surface area (Å²) < 4.78 is 1.21. The van der Waals surface area contributed by atoms with E-state index in [-0.39, 0.29) is 5.41 Å². The zero-order valence-corrected chi connectivity index (χ0v) is 12.2. The predicted octanol–water partition coefficient (Wildman–Crippen LogP) is 5.38. The highest BCUT2D eigenvalue weighted by atomic mass is 79.9. The van der Waals surface area contributed by atoms with Crippen LogP contribution in [-0.4, -0.2) is 0 Å². The normalized spacial score (nSPS) is 16.3. The van der Waals surface area contributed by atoms with E-state index in [1.807, 2.05) is 0 Å². The number of hydrogen-bond donors (Lipinski definition) is 0. The van der Waals surface area contributed by atoms with Crippen LogP contribution in [0.15, 0.2) is 54.6 Å². The molecule has 3 rings (SSSR count). The maximum atomic E-state index is 3.68. The summed E-state index contributed by atoms with van der Waals surface area (Å²) in [7, 11) is 0. The van der Waals surface area contributed by atoms with Crippen LogP contribution in [0.5, 0.6) is 0 Å². The predicted molar refractivity (Wildman–Crippen MR) is 81.8 cm³/mol. The highest BCUT2D eigenvalue weighted by Crippen LogP contribution is 2.44. The van der Waals surface area contributed by atoms with Gasteiger partial charge in [0.05, 0.1) is 0 Å². The summed E-state index contributed by atoms with van der Waals surface area (Å²) in [6.07, 6.45) is 2.28. The summed E-state index contributed by atoms with van der Waals surface area (Å²) in [4.78, 5) is 0. The molecule has 0 saturated carbocycles. The Morgan fingerprint density at radius 3 is 2.33 bits per heavy atom. The van der Waals surface area contributed by atoms with E-state index in [9.17, 15) is 0 Å². The summed E-state index contributed by atoms with van der Waals surface area (Å²) in [6.45, 7) is 4.50. The van der Waals surface area contributed by atoms with Crippen LogP contribution in [0.1, 0.15) is 25.0 Å². The van der Waals surface area contributed by atoms with Crippen molar-refractivity contribution < 1.29 is 0 Å². The standard InChI is InChI=1S/C17H15Br/c1-17(2)11-16(18)14-10-13(8-9-15(14)17)12-6-4-3-5-7-12/h3-11H,1-2H3. The largest absolute Gasteiger partial charge is 0.0622 e. The number of rotatable bonds is 1. The van der Waals surface area contributed by atoms with Gasteiger partial charge in [-0.05, 0) is 28.3 Å². The molecule has 18 heavy (non-hydrogen) atoms. The third-order valence-electron chi connectivity index (χ3n) is 3.57. The van der Waals surface area contributed by atoms with Gasteiger partial charge in [-0.15, -0.1) is 0 Å². The van der Waals surface area contributed by atoms with Crippen LogP contribution in [0.3, 0.4) is 0 Å². The van der Waals surface area contributed by atoms with Crippen LogP contribution in [0.25, 0.3) is 15.6 Å². The molecule has 0 amide bonds. The number of benzene rings is 2. The van der Waals surface area contributed by atoms with Crippen molar-refractivity contribution in [3.05, 3.63) is 65.7 Å². The van der Waals surface area contributed by atoms with Crippen molar-refractivity contribution in [1.29, 1.82) is 0 Å². The van der Waals surface area contributed by atoms with Crippen molar-refractivity contribution >= 4 is 20.4 Å². The van der Waals surface area contributed by atoms with E-state index >= 15 is 0 Å². The third kappa shape index (κ3) is 1.83. The molecule has 2 aromatic carbocycles. The Bertz CT molecular complexity index is 621. The van der Waals surface area contributed by atoms with Crippen molar-refractivity contribution in [2.45, 2.75) is 19.3 Å². The second kappa shape index (κ2) is 4.10. The molecule has 0 saturated heterocycles. The average Bonchev–Trinajstić information content (AvgIpc) is 2.61. The number of halogens is 1. The van der Waals surface area contributed by atoms with E-state index in [0.29, 0.717) is 0 Å². The lowest BCUT2D eigenvalue weighted by atomic mass is 9.86. The number of allylic oxidation sites excluding steroid dienone is 1. The molecule has 0 N–H and O–H groups in total. The van der Waals surface area contributed by atoms with E-state index in [2.05, 4.69) is 84.4 Å². The Kier molecular flexibility index (Phi) is 2.67. The van der Waals surface area contributed by atoms with Gasteiger partial charge in [-0.25, -0.2) is 0 Å². The molecule has 0 unspecified atom stereocenters. The molecule has 0 nitrogen and oxygen atoms in total. The first-order valence-corrected chi connectivity index (χ1v) is 6.96. The minimum Gasteiger partial charge on any atom is -0.0622 e. The molecule has 0 bridgehead atoms. The molecular weight excluding hydrogens is 284 g/mol. The van der Waals surface area contributed by atoms with Crippen LogP contribution < -0.4 is 0 Å². The van der Waals surface area contributed by atoms with E-state index in [1.54, 1.807) is 0 Å². The van der Waals surface area contributed by atoms with Crippen molar-refractivity contribution in [2.75, 3.05) is 0 Å². The fraction of sp³-hybridized carbons (Fsp3) is 0.176. The summed E-state index contributed by atoms with van der Waals surface area (Å²) >= 11 is 3.68. The third-order valence-corrected chi connectivity index (χ3v) is 4.22. The monoisotopic (exact) mass is 298 g/mol. The quantitative estimate of drug-likeness (QED) is 0.663. The minimum absolute atomic E-state index is 0.128. The molecule has 90 valence electrons. The zero-order chi connectivity index (χ0) is 12.8. The lowest BCUT2D eigenvalue weighted by molar-refractivity contribution is 0.683. The first kappa shape index (κ1) is 11.7. The maximum absolute atomic E-state index is 3.68. The van der Waals surface area contributed by atoms with Crippen molar-refractivity contribution in [1.82, 2.24) is 0 Å². The number of hydrogen-bond acceptors (Lipinski definition) is 0. The fourth-order valence-electron chi connectivity index (χ4n) is 2.59. The van der Waals surface area contributed by atoms with Crippen LogP contribution in [0, 0.1) is 0 Å². The van der Waals surface area contributed by atoms with Gasteiger partial charge < -0.3 is 0 Å². The molecule has 0 fully saturated rings. The highest BCUT2D eigenvalue weighted by Gasteiger charge is 2.28. The Morgan fingerprint density at radius 2 is 1.61 bits per heavy atom. The molecule has 1 heteroatoms. The Hall–Kier alpha value is -1.34. The van der Waals surface area contributed by atoms with Crippen LogP contribution in [0.2, 0.25) is 0 Å². The topological polar surface area (TPSA) is 0 Å². The molecule has 1 aliphatic carbocycles. The van der Waals surface area contributed by atoms with Gasteiger partial charge >= 0.3 is 0 Å². The first-order chi connectivity index (χ1) is 8.58. The van der Waals surface area contributed by atoms with Crippen molar-refractivity contribution in [3.8, 4) is 11.1 Å². The van der Waals surface area contributed by atoms with E-state index in [4.69, 9.17) is 0 Å². The number of fused-ring (bicyclic) bond motifs is 1. The molecule has 0 spiro atoms. The Morgan fingerprint density at radius 1 is 0.889 bits per heavy atom. The summed E-state index contributed by atoms with van der Waals surface area (Å²) in [6, 6.07) is 17.3. The van der Waals surface area contributed by atoms with Gasteiger partial charge in [0, 0.05) is 9.90 Å². The van der Waals surface area contributed by atoms with Crippen LogP contribution in [-0.2, 0) is 5.41 Å². The van der Waals surface area contributed by atoms with E-state index in [1.165, 1.54) is 26.7 Å². The minimum atomic E-state index is 0.128. The molecule has 0 heterocycles. The molecular formula is C17H15Br. The molecule has 2 aromatic rings. The molecule has 0 atom stereocenters. The lowest BCUT2D eigenvalue weighted by Gasteiger charge is -2.17. The van der Waals surface area contributed by atoms with Gasteiger partial charge in [0.2, 0.25) is 0 Å². The average molecular weight is 299 g/mol. The van der Waals surface area contributed by atoms with Crippen molar-refractivity contribution in [3.63, 3.8) is 0 Å². The van der Waals surface area contributed by atoms with Crippen LogP contribution in [0.4, 0.5) is 0 Å². The molecule has 0 radical (unpaired) electrons. The SMILES string of the molecule is CC1(C)C=C(Br)c2cc(-c3ccccc3)ccc21. The highest BCUT2D eigenvalue weighted by molar-refractivity contribution is 9.15. The lowest BCUT2D eigenvalue weighted by Crippen LogP contribution is -2.10. The van der Waals surface area contributed by atoms with Gasteiger partial charge in [-0.3, -0.25) is 0 Å². The summed E-state index contributed by atoms with van der Waals surface area (Å²) in [5, 5.41) is 0. The molecule has 1 aliphatic rings. The second-order valence-electron chi connectivity index (χ2n) is 5.34. The molecule has 0 aliphatic heterocycles. The zero-order valence-electron chi connectivity index (χ0n) is 10.6. The Balaban J connectivity index is 2.14. The van der Waals surface area contributed by atoms with Gasteiger partial charge in [0.15, 0.2) is 0 Å². The Labute approximate surface area is 116 Å². The fourth-order valence-corrected chi connectivity index (χ4v) is 3.49. The van der Waals surface area contributed by atoms with Crippen molar-refractivity contribution in [2.24, 2.45) is 0 Å². The molecule has 0 aromatic heterocycles. The smallest absolute Gasteiger partial charge is 0.0219 e. The maximum Gasteiger partial charge on any atom is 0.0219 e.